The topological polar surface area (TPSA) is 96.5 Å². The van der Waals surface area contributed by atoms with Crippen molar-refractivity contribution in [3.8, 4) is 0 Å². The van der Waals surface area contributed by atoms with Crippen LogP contribution in [0.5, 0.6) is 0 Å². The molecule has 0 aliphatic heterocycles. The van der Waals surface area contributed by atoms with Crippen molar-refractivity contribution in [2.24, 2.45) is 0 Å². The van der Waals surface area contributed by atoms with Crippen molar-refractivity contribution >= 4 is 16.3 Å². The van der Waals surface area contributed by atoms with E-state index in [2.05, 4.69) is 14.8 Å². The van der Waals surface area contributed by atoms with Crippen LogP contribution in [-0.4, -0.2) is 41.3 Å². The second-order valence-corrected chi connectivity index (χ2v) is 4.18. The molecule has 0 heterocycles. The fourth-order valence-electron chi connectivity index (χ4n) is 0.778. The fourth-order valence-corrected chi connectivity index (χ4v) is 1.54. The molecule has 0 atom stereocenters. The number of carbonyl (C=O) groups excluding carboxylic acids is 1. The zero-order valence-electron chi connectivity index (χ0n) is 8.87. The molecular formula is C7H17N3O4S. The van der Waals surface area contributed by atoms with E-state index in [1.807, 2.05) is 0 Å². The molecule has 0 rings (SSSR count). The molecule has 0 spiro atoms. The molecule has 3 N–H and O–H groups in total. The molecule has 0 aromatic rings. The van der Waals surface area contributed by atoms with Crippen molar-refractivity contribution < 1.29 is 17.9 Å². The van der Waals surface area contributed by atoms with Crippen molar-refractivity contribution in [3.05, 3.63) is 0 Å². The Morgan fingerprint density at radius 1 is 1.33 bits per heavy atom. The molecular weight excluding hydrogens is 222 g/mol. The number of hydrogen-bond acceptors (Lipinski definition) is 5. The standard InChI is InChI=1S/C7H17N3O4S/c1-3-14-7(11)10-15(12,13)9-6-4-5-8-2/h8-9H,3-6H2,1-2H3,(H,10,11). The lowest BCUT2D eigenvalue weighted by Crippen LogP contribution is -2.41. The number of nitrogens with one attached hydrogen (secondary N) is 3. The SMILES string of the molecule is CCOC(=O)NS(=O)(=O)NCCCNC. The lowest BCUT2D eigenvalue weighted by atomic mass is 10.4. The Hall–Kier alpha value is -0.860. The first kappa shape index (κ1) is 14.1. The van der Waals surface area contributed by atoms with Crippen molar-refractivity contribution in [1.29, 1.82) is 0 Å². The number of amides is 1. The summed E-state index contributed by atoms with van der Waals surface area (Å²) in [6.07, 6.45) is -0.334. The van der Waals surface area contributed by atoms with Crippen LogP contribution in [0.15, 0.2) is 0 Å². The van der Waals surface area contributed by atoms with Gasteiger partial charge in [-0.25, -0.2) is 9.52 Å². The average Bonchev–Trinajstić information content (AvgIpc) is 2.12. The number of carbonyl (C=O) groups is 1. The van der Waals surface area contributed by atoms with E-state index in [0.717, 1.165) is 0 Å². The molecule has 15 heavy (non-hydrogen) atoms. The van der Waals surface area contributed by atoms with Crippen LogP contribution in [0.25, 0.3) is 0 Å². The molecule has 0 radical (unpaired) electrons. The molecule has 8 heteroatoms. The third-order valence-electron chi connectivity index (χ3n) is 1.39. The van der Waals surface area contributed by atoms with E-state index in [1.165, 1.54) is 0 Å². The fraction of sp³-hybridized carbons (Fsp3) is 0.857. The lowest BCUT2D eigenvalue weighted by Gasteiger charge is -2.07. The van der Waals surface area contributed by atoms with Gasteiger partial charge in [-0.05, 0) is 26.9 Å². The van der Waals surface area contributed by atoms with Crippen LogP contribution in [0, 0.1) is 0 Å². The minimum absolute atomic E-state index is 0.126. The summed E-state index contributed by atoms with van der Waals surface area (Å²) in [5.41, 5.74) is 0. The maximum Gasteiger partial charge on any atom is 0.421 e. The van der Waals surface area contributed by atoms with Gasteiger partial charge in [-0.15, -0.1) is 0 Å². The van der Waals surface area contributed by atoms with Gasteiger partial charge >= 0.3 is 16.3 Å². The van der Waals surface area contributed by atoms with Gasteiger partial charge in [-0.1, -0.05) is 0 Å². The van der Waals surface area contributed by atoms with E-state index in [4.69, 9.17) is 0 Å². The van der Waals surface area contributed by atoms with Gasteiger partial charge in [0.05, 0.1) is 6.61 Å². The molecule has 0 aromatic carbocycles. The quantitative estimate of drug-likeness (QED) is 0.504. The highest BCUT2D eigenvalue weighted by Gasteiger charge is 2.13. The zero-order valence-corrected chi connectivity index (χ0v) is 9.69. The Morgan fingerprint density at radius 3 is 2.53 bits per heavy atom. The Labute approximate surface area is 89.7 Å². The molecule has 0 saturated carbocycles. The normalized spacial score (nSPS) is 11.1. The molecule has 0 unspecified atom stereocenters. The lowest BCUT2D eigenvalue weighted by molar-refractivity contribution is 0.158. The van der Waals surface area contributed by atoms with Crippen molar-refractivity contribution in [2.75, 3.05) is 26.7 Å². The zero-order chi connectivity index (χ0) is 11.7. The van der Waals surface area contributed by atoms with Crippen molar-refractivity contribution in [1.82, 2.24) is 14.8 Å². The maximum atomic E-state index is 11.1. The molecule has 90 valence electrons. The van der Waals surface area contributed by atoms with E-state index in [1.54, 1.807) is 18.7 Å². The first-order valence-electron chi connectivity index (χ1n) is 4.60. The minimum Gasteiger partial charge on any atom is -0.449 e. The Balaban J connectivity index is 3.82. The average molecular weight is 239 g/mol. The summed E-state index contributed by atoms with van der Waals surface area (Å²) in [5, 5.41) is 2.87. The predicted octanol–water partition coefficient (Wildman–Crippen LogP) is -0.824. The highest BCUT2D eigenvalue weighted by atomic mass is 32.2. The van der Waals surface area contributed by atoms with Gasteiger partial charge in [0.15, 0.2) is 0 Å². The van der Waals surface area contributed by atoms with Gasteiger partial charge in [0.2, 0.25) is 0 Å². The third kappa shape index (κ3) is 8.16. The largest absolute Gasteiger partial charge is 0.449 e. The first-order valence-corrected chi connectivity index (χ1v) is 6.09. The second-order valence-electron chi connectivity index (χ2n) is 2.68. The van der Waals surface area contributed by atoms with Crippen molar-refractivity contribution in [3.63, 3.8) is 0 Å². The van der Waals surface area contributed by atoms with Crippen LogP contribution in [0.3, 0.4) is 0 Å². The molecule has 0 aliphatic rings. The number of ether oxygens (including phenoxy) is 1. The van der Waals surface area contributed by atoms with Gasteiger partial charge in [0, 0.05) is 6.54 Å². The molecule has 0 bridgehead atoms. The smallest absolute Gasteiger partial charge is 0.421 e. The van der Waals surface area contributed by atoms with Crippen LogP contribution in [-0.2, 0) is 14.9 Å². The van der Waals surface area contributed by atoms with E-state index in [-0.39, 0.29) is 13.2 Å². The van der Waals surface area contributed by atoms with Gasteiger partial charge < -0.3 is 10.1 Å². The Kier molecular flexibility index (Phi) is 7.01. The van der Waals surface area contributed by atoms with Gasteiger partial charge in [-0.2, -0.15) is 13.1 Å². The second kappa shape index (κ2) is 7.43. The van der Waals surface area contributed by atoms with Crippen LogP contribution in [0.1, 0.15) is 13.3 Å². The maximum absolute atomic E-state index is 11.1. The minimum atomic E-state index is -3.79. The molecule has 0 fully saturated rings. The molecule has 7 nitrogen and oxygen atoms in total. The summed E-state index contributed by atoms with van der Waals surface area (Å²) in [6, 6.07) is 0. The summed E-state index contributed by atoms with van der Waals surface area (Å²) >= 11 is 0. The predicted molar refractivity (Wildman–Crippen MR) is 55.6 cm³/mol. The molecule has 0 saturated heterocycles. The molecule has 0 aliphatic carbocycles. The van der Waals surface area contributed by atoms with Crippen molar-refractivity contribution in [2.45, 2.75) is 13.3 Å². The van der Waals surface area contributed by atoms with E-state index >= 15 is 0 Å². The number of rotatable bonds is 7. The molecule has 1 amide bonds. The van der Waals surface area contributed by atoms with E-state index < -0.39 is 16.3 Å². The summed E-state index contributed by atoms with van der Waals surface area (Å²) in [4.78, 5) is 10.8. The summed E-state index contributed by atoms with van der Waals surface area (Å²) in [7, 11) is -2.02. The van der Waals surface area contributed by atoms with Gasteiger partial charge in [0.25, 0.3) is 0 Å². The van der Waals surface area contributed by atoms with Crippen LogP contribution in [0.2, 0.25) is 0 Å². The van der Waals surface area contributed by atoms with Crippen LogP contribution >= 0.6 is 0 Å². The highest BCUT2D eigenvalue weighted by molar-refractivity contribution is 7.88. The highest BCUT2D eigenvalue weighted by Crippen LogP contribution is 1.83. The van der Waals surface area contributed by atoms with E-state index in [9.17, 15) is 13.2 Å². The summed E-state index contributed by atoms with van der Waals surface area (Å²) in [6.45, 7) is 2.67. The van der Waals surface area contributed by atoms with Crippen LogP contribution < -0.4 is 14.8 Å². The van der Waals surface area contributed by atoms with E-state index in [0.29, 0.717) is 13.0 Å². The summed E-state index contributed by atoms with van der Waals surface area (Å²) < 4.78 is 30.6. The Morgan fingerprint density at radius 2 is 2.00 bits per heavy atom. The first-order chi connectivity index (χ1) is 7.02. The van der Waals surface area contributed by atoms with Crippen LogP contribution in [0.4, 0.5) is 4.79 Å². The Bertz CT molecular complexity index is 278. The molecule has 0 aromatic heterocycles. The summed E-state index contributed by atoms with van der Waals surface area (Å²) in [5.74, 6) is 0. The monoisotopic (exact) mass is 239 g/mol. The van der Waals surface area contributed by atoms with Gasteiger partial charge in [0.1, 0.15) is 0 Å². The number of hydrogen-bond donors (Lipinski definition) is 3. The third-order valence-corrected chi connectivity index (χ3v) is 2.41. The van der Waals surface area contributed by atoms with Gasteiger partial charge in [-0.3, -0.25) is 0 Å².